The van der Waals surface area contributed by atoms with E-state index in [0.717, 1.165) is 12.8 Å². The summed E-state index contributed by atoms with van der Waals surface area (Å²) in [4.78, 5) is 14.5. The van der Waals surface area contributed by atoms with Gasteiger partial charge in [-0.1, -0.05) is 0 Å². The number of aliphatic imine (C=N–C) groups is 3. The molecule has 0 spiro atoms. The normalized spacial score (nSPS) is 39.6. The Kier molecular flexibility index (Phi) is 2.56. The molecule has 2 unspecified atom stereocenters. The molecule has 4 atom stereocenters. The van der Waals surface area contributed by atoms with E-state index in [4.69, 9.17) is 15.6 Å². The summed E-state index contributed by atoms with van der Waals surface area (Å²) in [7, 11) is 0. The van der Waals surface area contributed by atoms with Gasteiger partial charge in [-0.2, -0.15) is 0 Å². The van der Waals surface area contributed by atoms with Gasteiger partial charge in [0.25, 0.3) is 0 Å². The largest absolute Gasteiger partial charge is 0.394 e. The molecule has 92 valence electrons. The number of hydrogen-bond donors (Lipinski definition) is 2. The fourth-order valence-corrected chi connectivity index (χ4v) is 2.37. The van der Waals surface area contributed by atoms with Crippen LogP contribution in [0.5, 0.6) is 0 Å². The first kappa shape index (κ1) is 10.7. The number of rotatable bonds is 2. The highest BCUT2D eigenvalue weighted by Crippen LogP contribution is 2.28. The quantitative estimate of drug-likeness (QED) is 0.638. The second-order valence-electron chi connectivity index (χ2n) is 4.36. The number of aliphatic hydroxyl groups is 1. The lowest BCUT2D eigenvalue weighted by atomic mass is 10.2. The van der Waals surface area contributed by atoms with Crippen molar-refractivity contribution in [3.8, 4) is 0 Å². The van der Waals surface area contributed by atoms with Crippen LogP contribution < -0.4 is 5.73 Å². The predicted molar refractivity (Wildman–Crippen MR) is 63.0 cm³/mol. The van der Waals surface area contributed by atoms with Crippen molar-refractivity contribution in [2.45, 2.75) is 37.4 Å². The van der Waals surface area contributed by atoms with Crippen molar-refractivity contribution in [3.63, 3.8) is 0 Å². The molecule has 0 saturated carbocycles. The summed E-state index contributed by atoms with van der Waals surface area (Å²) in [6.07, 6.45) is 4.62. The Morgan fingerprint density at radius 2 is 2.35 bits per heavy atom. The van der Waals surface area contributed by atoms with E-state index in [1.54, 1.807) is 6.34 Å². The molecule has 0 aromatic heterocycles. The molecule has 1 fully saturated rings. The monoisotopic (exact) mass is 237 g/mol. The molecule has 0 amide bonds. The van der Waals surface area contributed by atoms with Crippen LogP contribution in [0.15, 0.2) is 15.0 Å². The van der Waals surface area contributed by atoms with Crippen molar-refractivity contribution in [3.05, 3.63) is 0 Å². The molecular formula is C10H15N5O2. The Balaban J connectivity index is 1.73. The Morgan fingerprint density at radius 1 is 1.47 bits per heavy atom. The van der Waals surface area contributed by atoms with Gasteiger partial charge in [-0.25, -0.2) is 9.98 Å². The second-order valence-corrected chi connectivity index (χ2v) is 4.36. The third-order valence-electron chi connectivity index (χ3n) is 3.30. The zero-order valence-corrected chi connectivity index (χ0v) is 9.31. The Hall–Kier alpha value is -1.47. The molecule has 0 aromatic rings. The van der Waals surface area contributed by atoms with Gasteiger partial charge < -0.3 is 20.5 Å². The average Bonchev–Trinajstić information content (AvgIpc) is 2.94. The summed E-state index contributed by atoms with van der Waals surface area (Å²) < 4.78 is 5.71. The maximum Gasteiger partial charge on any atom is 0.155 e. The summed E-state index contributed by atoms with van der Waals surface area (Å²) in [5.41, 5.74) is 5.77. The van der Waals surface area contributed by atoms with Crippen molar-refractivity contribution >= 4 is 18.5 Å². The van der Waals surface area contributed by atoms with Gasteiger partial charge in [-0.15, -0.1) is 0 Å². The molecule has 3 aliphatic rings. The fraction of sp³-hybridized carbons (Fsp3) is 0.700. The molecule has 3 rings (SSSR count). The highest BCUT2D eigenvalue weighted by molar-refractivity contribution is 5.96. The van der Waals surface area contributed by atoms with Gasteiger partial charge in [0.1, 0.15) is 24.4 Å². The summed E-state index contributed by atoms with van der Waals surface area (Å²) >= 11 is 0. The summed E-state index contributed by atoms with van der Waals surface area (Å²) in [5.74, 6) is 0.487. The standard InChI is InChI=1S/C10H15N5O2/c11-9-8-10(13-4-12-9)15(5-14-8)7-2-1-6(3-16)17-7/h4-8,10,16H,1-3H2,(H2,11,12,13)/t6-,7+,8?,10?/m0/s1. The maximum atomic E-state index is 9.06. The Morgan fingerprint density at radius 3 is 3.12 bits per heavy atom. The minimum absolute atomic E-state index is 0.0580. The zero-order chi connectivity index (χ0) is 11.8. The van der Waals surface area contributed by atoms with E-state index in [0.29, 0.717) is 5.84 Å². The lowest BCUT2D eigenvalue weighted by Gasteiger charge is -2.30. The minimum atomic E-state index is -0.197. The van der Waals surface area contributed by atoms with Crippen LogP contribution in [0.25, 0.3) is 0 Å². The molecule has 0 aromatic carbocycles. The number of ether oxygens (including phenoxy) is 1. The molecule has 0 aliphatic carbocycles. The van der Waals surface area contributed by atoms with E-state index < -0.39 is 0 Å². The Bertz CT molecular complexity index is 394. The summed E-state index contributed by atoms with van der Waals surface area (Å²) in [5, 5.41) is 9.06. The Labute approximate surface area is 98.7 Å². The van der Waals surface area contributed by atoms with Crippen LogP contribution in [0, 0.1) is 0 Å². The molecule has 0 bridgehead atoms. The van der Waals surface area contributed by atoms with Gasteiger partial charge in [-0.05, 0) is 12.8 Å². The smallest absolute Gasteiger partial charge is 0.155 e. The zero-order valence-electron chi connectivity index (χ0n) is 9.31. The van der Waals surface area contributed by atoms with Gasteiger partial charge in [0.2, 0.25) is 0 Å². The van der Waals surface area contributed by atoms with Gasteiger partial charge >= 0.3 is 0 Å². The number of aliphatic hydroxyl groups excluding tert-OH is 1. The van der Waals surface area contributed by atoms with Crippen molar-refractivity contribution < 1.29 is 9.84 Å². The third-order valence-corrected chi connectivity index (χ3v) is 3.30. The first-order valence-electron chi connectivity index (χ1n) is 5.71. The molecule has 7 heteroatoms. The third kappa shape index (κ3) is 1.71. The van der Waals surface area contributed by atoms with E-state index >= 15 is 0 Å². The van der Waals surface area contributed by atoms with Gasteiger partial charge in [-0.3, -0.25) is 4.99 Å². The van der Waals surface area contributed by atoms with Crippen LogP contribution in [-0.4, -0.2) is 59.7 Å². The number of hydrogen-bond acceptors (Lipinski definition) is 7. The first-order valence-corrected chi connectivity index (χ1v) is 5.71. The van der Waals surface area contributed by atoms with Crippen LogP contribution >= 0.6 is 0 Å². The van der Waals surface area contributed by atoms with Crippen LogP contribution in [0.1, 0.15) is 12.8 Å². The summed E-state index contributed by atoms with van der Waals surface area (Å²) in [6, 6.07) is -0.197. The fourth-order valence-electron chi connectivity index (χ4n) is 2.37. The van der Waals surface area contributed by atoms with E-state index in [2.05, 4.69) is 15.0 Å². The predicted octanol–water partition coefficient (Wildman–Crippen LogP) is -1.08. The topological polar surface area (TPSA) is 95.8 Å². The molecule has 3 N–H and O–H groups in total. The number of amidine groups is 1. The molecule has 1 saturated heterocycles. The second kappa shape index (κ2) is 4.08. The highest BCUT2D eigenvalue weighted by Gasteiger charge is 2.40. The number of nitrogens with two attached hydrogens (primary N) is 1. The van der Waals surface area contributed by atoms with Crippen molar-refractivity contribution in [1.82, 2.24) is 4.90 Å². The summed E-state index contributed by atoms with van der Waals surface area (Å²) in [6.45, 7) is 0.0580. The molecule has 3 heterocycles. The van der Waals surface area contributed by atoms with Gasteiger partial charge in [0, 0.05) is 0 Å². The van der Waals surface area contributed by atoms with Gasteiger partial charge in [0.05, 0.1) is 19.0 Å². The molecule has 7 nitrogen and oxygen atoms in total. The van der Waals surface area contributed by atoms with Crippen LogP contribution in [-0.2, 0) is 4.74 Å². The van der Waals surface area contributed by atoms with E-state index in [9.17, 15) is 0 Å². The minimum Gasteiger partial charge on any atom is -0.394 e. The van der Waals surface area contributed by atoms with Crippen LogP contribution in [0.4, 0.5) is 0 Å². The van der Waals surface area contributed by atoms with Crippen LogP contribution in [0.2, 0.25) is 0 Å². The SMILES string of the molecule is NC1=NC=NC2C1N=CN2[C@H]1CC[C@@H](CO)O1. The maximum absolute atomic E-state index is 9.06. The number of fused-ring (bicyclic) bond motifs is 1. The van der Waals surface area contributed by atoms with Gasteiger partial charge in [0.15, 0.2) is 6.17 Å². The average molecular weight is 237 g/mol. The highest BCUT2D eigenvalue weighted by atomic mass is 16.5. The van der Waals surface area contributed by atoms with Crippen molar-refractivity contribution in [2.75, 3.05) is 6.61 Å². The molecular weight excluding hydrogens is 222 g/mol. The molecule has 17 heavy (non-hydrogen) atoms. The van der Waals surface area contributed by atoms with Crippen LogP contribution in [0.3, 0.4) is 0 Å². The van der Waals surface area contributed by atoms with Crippen molar-refractivity contribution in [2.24, 2.45) is 20.7 Å². The van der Waals surface area contributed by atoms with E-state index in [1.165, 1.54) is 6.34 Å². The molecule has 0 radical (unpaired) electrons. The van der Waals surface area contributed by atoms with E-state index in [-0.39, 0.29) is 31.1 Å². The lowest BCUT2D eigenvalue weighted by Crippen LogP contribution is -2.47. The van der Waals surface area contributed by atoms with Crippen molar-refractivity contribution in [1.29, 1.82) is 0 Å². The first-order chi connectivity index (χ1) is 8.29. The molecule has 3 aliphatic heterocycles. The lowest BCUT2D eigenvalue weighted by molar-refractivity contribution is -0.0485. The number of nitrogens with zero attached hydrogens (tertiary/aromatic N) is 4. The van der Waals surface area contributed by atoms with E-state index in [1.807, 2.05) is 4.90 Å².